The van der Waals surface area contributed by atoms with Gasteiger partial charge in [0.15, 0.2) is 0 Å². The van der Waals surface area contributed by atoms with Gasteiger partial charge in [-0.05, 0) is 48.1 Å². The molecule has 1 fully saturated rings. The second-order valence-electron chi connectivity index (χ2n) is 6.23. The highest BCUT2D eigenvalue weighted by atomic mass is 16.1. The maximum atomic E-state index is 10.9. The summed E-state index contributed by atoms with van der Waals surface area (Å²) in [7, 11) is 1.97. The molecule has 122 valence electrons. The molecule has 6 heteroatoms. The number of carbonyl (C=O) groups excluding carboxylic acids is 1. The molecule has 0 aliphatic heterocycles. The lowest BCUT2D eigenvalue weighted by Crippen LogP contribution is -2.10. The van der Waals surface area contributed by atoms with Crippen LogP contribution < -0.4 is 5.73 Å². The molecular weight excluding hydrogens is 302 g/mol. The van der Waals surface area contributed by atoms with Crippen LogP contribution in [0.15, 0.2) is 36.7 Å². The van der Waals surface area contributed by atoms with E-state index in [0.29, 0.717) is 11.3 Å². The SMILES string of the molecule is C[C@H]1C[C@H]1c1cnn(C)c1.N#Cc1ccc2[nH]c(C(N)=O)cc2c1. The molecule has 6 nitrogen and oxygen atoms in total. The van der Waals surface area contributed by atoms with Crippen molar-refractivity contribution in [2.45, 2.75) is 19.3 Å². The van der Waals surface area contributed by atoms with Crippen LogP contribution >= 0.6 is 0 Å². The molecule has 1 aromatic carbocycles. The topological polar surface area (TPSA) is 100 Å². The minimum absolute atomic E-state index is 0.357. The van der Waals surface area contributed by atoms with Gasteiger partial charge in [0, 0.05) is 24.1 Å². The first kappa shape index (κ1) is 15.8. The van der Waals surface area contributed by atoms with E-state index in [4.69, 9.17) is 11.0 Å². The number of aromatic nitrogens is 3. The van der Waals surface area contributed by atoms with E-state index in [0.717, 1.165) is 22.7 Å². The number of nitrogens with zero attached hydrogens (tertiary/aromatic N) is 3. The van der Waals surface area contributed by atoms with Gasteiger partial charge in [0.05, 0.1) is 17.8 Å². The molecule has 1 saturated carbocycles. The predicted octanol–water partition coefficient (Wildman–Crippen LogP) is 2.68. The first-order valence-corrected chi connectivity index (χ1v) is 7.79. The monoisotopic (exact) mass is 321 g/mol. The Morgan fingerprint density at radius 3 is 2.75 bits per heavy atom. The van der Waals surface area contributed by atoms with Crippen LogP contribution in [0.2, 0.25) is 0 Å². The van der Waals surface area contributed by atoms with E-state index in [9.17, 15) is 4.79 Å². The summed E-state index contributed by atoms with van der Waals surface area (Å²) >= 11 is 0. The van der Waals surface area contributed by atoms with Crippen LogP contribution in [0.4, 0.5) is 0 Å². The van der Waals surface area contributed by atoms with Crippen molar-refractivity contribution in [1.29, 1.82) is 5.26 Å². The van der Waals surface area contributed by atoms with Gasteiger partial charge in [0.25, 0.3) is 5.91 Å². The standard InChI is InChI=1S/C10H7N3O.C8H12N2/c11-5-6-1-2-8-7(3-6)4-9(13-8)10(12)14;1-6-3-8(6)7-4-9-10(2)5-7/h1-4,13H,(H2,12,14);4-6,8H,3H2,1-2H3/t;6-,8+/m.0/s1. The van der Waals surface area contributed by atoms with Crippen molar-refractivity contribution in [3.8, 4) is 6.07 Å². The second-order valence-corrected chi connectivity index (χ2v) is 6.23. The molecule has 1 aliphatic carbocycles. The Kier molecular flexibility index (Phi) is 4.09. The summed E-state index contributed by atoms with van der Waals surface area (Å²) in [5, 5.41) is 13.6. The minimum Gasteiger partial charge on any atom is -0.364 e. The van der Waals surface area contributed by atoms with Gasteiger partial charge in [-0.2, -0.15) is 10.4 Å². The predicted molar refractivity (Wildman–Crippen MR) is 91.3 cm³/mol. The van der Waals surface area contributed by atoms with Crippen molar-refractivity contribution in [2.24, 2.45) is 18.7 Å². The zero-order valence-corrected chi connectivity index (χ0v) is 13.7. The molecule has 0 unspecified atom stereocenters. The molecule has 24 heavy (non-hydrogen) atoms. The van der Waals surface area contributed by atoms with Crippen LogP contribution in [0, 0.1) is 17.2 Å². The van der Waals surface area contributed by atoms with Gasteiger partial charge in [0.1, 0.15) is 5.69 Å². The highest BCUT2D eigenvalue weighted by Crippen LogP contribution is 2.46. The molecule has 0 bridgehead atoms. The fourth-order valence-electron chi connectivity index (χ4n) is 2.75. The molecule has 0 radical (unpaired) electrons. The molecule has 3 aromatic rings. The van der Waals surface area contributed by atoms with Gasteiger partial charge in [-0.25, -0.2) is 0 Å². The van der Waals surface area contributed by atoms with E-state index >= 15 is 0 Å². The maximum Gasteiger partial charge on any atom is 0.265 e. The number of rotatable bonds is 2. The average molecular weight is 321 g/mol. The molecule has 4 rings (SSSR count). The maximum absolute atomic E-state index is 10.9. The number of primary amides is 1. The molecule has 1 aliphatic rings. The summed E-state index contributed by atoms with van der Waals surface area (Å²) in [6.07, 6.45) is 5.45. The normalized spacial score (nSPS) is 18.5. The molecule has 2 aromatic heterocycles. The number of carbonyl (C=O) groups is 1. The first-order chi connectivity index (χ1) is 11.5. The van der Waals surface area contributed by atoms with Crippen LogP contribution in [0.5, 0.6) is 0 Å². The number of aryl methyl sites for hydroxylation is 1. The van der Waals surface area contributed by atoms with Crippen LogP contribution in [0.25, 0.3) is 10.9 Å². The van der Waals surface area contributed by atoms with Crippen LogP contribution in [-0.4, -0.2) is 20.7 Å². The number of nitrogens with one attached hydrogen (secondary N) is 1. The van der Waals surface area contributed by atoms with E-state index in [2.05, 4.69) is 23.2 Å². The van der Waals surface area contributed by atoms with Gasteiger partial charge >= 0.3 is 0 Å². The number of nitrogens with two attached hydrogens (primary N) is 1. The van der Waals surface area contributed by atoms with Crippen LogP contribution in [0.1, 0.15) is 40.9 Å². The van der Waals surface area contributed by atoms with Crippen LogP contribution in [0.3, 0.4) is 0 Å². The lowest BCUT2D eigenvalue weighted by Gasteiger charge is -1.88. The number of aromatic amines is 1. The fourth-order valence-corrected chi connectivity index (χ4v) is 2.75. The Morgan fingerprint density at radius 1 is 1.46 bits per heavy atom. The third-order valence-electron chi connectivity index (χ3n) is 4.28. The number of nitriles is 1. The summed E-state index contributed by atoms with van der Waals surface area (Å²) in [4.78, 5) is 13.7. The summed E-state index contributed by atoms with van der Waals surface area (Å²) in [6.45, 7) is 2.29. The number of hydrogen-bond acceptors (Lipinski definition) is 3. The molecule has 0 spiro atoms. The molecule has 2 heterocycles. The molecule has 2 atom stereocenters. The minimum atomic E-state index is -0.500. The Bertz CT molecular complexity index is 930. The second kappa shape index (κ2) is 6.20. The van der Waals surface area contributed by atoms with Gasteiger partial charge in [-0.1, -0.05) is 6.92 Å². The van der Waals surface area contributed by atoms with Gasteiger partial charge in [0.2, 0.25) is 0 Å². The van der Waals surface area contributed by atoms with Crippen molar-refractivity contribution in [3.05, 3.63) is 53.5 Å². The Hall–Kier alpha value is -3.07. The Morgan fingerprint density at radius 2 is 2.21 bits per heavy atom. The third-order valence-corrected chi connectivity index (χ3v) is 4.28. The number of fused-ring (bicyclic) bond motifs is 1. The quantitative estimate of drug-likeness (QED) is 0.758. The van der Waals surface area contributed by atoms with E-state index in [-0.39, 0.29) is 0 Å². The van der Waals surface area contributed by atoms with E-state index in [1.54, 1.807) is 24.3 Å². The highest BCUT2D eigenvalue weighted by molar-refractivity contribution is 5.97. The van der Waals surface area contributed by atoms with Gasteiger partial charge in [-0.15, -0.1) is 0 Å². The summed E-state index contributed by atoms with van der Waals surface area (Å²) < 4.78 is 1.88. The van der Waals surface area contributed by atoms with E-state index < -0.39 is 5.91 Å². The lowest BCUT2D eigenvalue weighted by molar-refractivity contribution is 0.0996. The van der Waals surface area contributed by atoms with Gasteiger partial charge < -0.3 is 10.7 Å². The number of amides is 1. The largest absolute Gasteiger partial charge is 0.364 e. The van der Waals surface area contributed by atoms with Crippen molar-refractivity contribution in [3.63, 3.8) is 0 Å². The summed E-state index contributed by atoms with van der Waals surface area (Å²) in [5.74, 6) is 1.21. The fraction of sp³-hybridized carbons (Fsp3) is 0.278. The Labute approximate surface area is 139 Å². The van der Waals surface area contributed by atoms with Crippen molar-refractivity contribution >= 4 is 16.8 Å². The number of benzene rings is 1. The third kappa shape index (κ3) is 3.30. The van der Waals surface area contributed by atoms with E-state index in [1.165, 1.54) is 12.0 Å². The first-order valence-electron chi connectivity index (χ1n) is 7.79. The van der Waals surface area contributed by atoms with Crippen molar-refractivity contribution in [2.75, 3.05) is 0 Å². The number of hydrogen-bond donors (Lipinski definition) is 2. The summed E-state index contributed by atoms with van der Waals surface area (Å²) in [6, 6.07) is 8.81. The van der Waals surface area contributed by atoms with Gasteiger partial charge in [-0.3, -0.25) is 9.48 Å². The van der Waals surface area contributed by atoms with Crippen molar-refractivity contribution in [1.82, 2.24) is 14.8 Å². The zero-order valence-electron chi connectivity index (χ0n) is 13.7. The smallest absolute Gasteiger partial charge is 0.265 e. The average Bonchev–Trinajstić information content (AvgIpc) is 2.98. The highest BCUT2D eigenvalue weighted by Gasteiger charge is 2.34. The molecule has 3 N–H and O–H groups in total. The lowest BCUT2D eigenvalue weighted by atomic mass is 10.2. The zero-order chi connectivity index (χ0) is 17.3. The van der Waals surface area contributed by atoms with Crippen LogP contribution in [-0.2, 0) is 7.05 Å². The summed E-state index contributed by atoms with van der Waals surface area (Å²) in [5.41, 5.74) is 8.25. The Balaban J connectivity index is 0.000000149. The van der Waals surface area contributed by atoms with Crippen molar-refractivity contribution < 1.29 is 4.79 Å². The van der Waals surface area contributed by atoms with E-state index in [1.807, 2.05) is 24.0 Å². The molecular formula is C18H19N5O. The number of H-pyrrole nitrogens is 1. The molecule has 1 amide bonds. The molecule has 0 saturated heterocycles.